The zero-order chi connectivity index (χ0) is 61.8. The summed E-state index contributed by atoms with van der Waals surface area (Å²) < 4.78 is 181. The van der Waals surface area contributed by atoms with Gasteiger partial charge in [-0.3, -0.25) is 0 Å². The fraction of sp³-hybridized carbons (Fsp3) is 0.789. The fourth-order valence-corrected chi connectivity index (χ4v) is 16.0. The van der Waals surface area contributed by atoms with E-state index >= 15 is 0 Å². The van der Waals surface area contributed by atoms with Gasteiger partial charge in [0.1, 0.15) is 29.3 Å². The number of aliphatic hydroxyl groups is 3. The molecule has 0 amide bonds. The van der Waals surface area contributed by atoms with Crippen molar-refractivity contribution in [3.8, 4) is 0 Å². The van der Waals surface area contributed by atoms with Gasteiger partial charge >= 0.3 is 48.6 Å². The second-order valence-corrected chi connectivity index (χ2v) is 25.1. The van der Waals surface area contributed by atoms with Gasteiger partial charge in [0.15, 0.2) is 6.10 Å². The summed E-state index contributed by atoms with van der Waals surface area (Å²) in [5, 5.41) is 36.4. The van der Waals surface area contributed by atoms with E-state index in [4.69, 9.17) is 34.3 Å². The van der Waals surface area contributed by atoms with Crippen LogP contribution >= 0.6 is 0 Å². The number of carbonyl (C=O) groups excluding carboxylic acids is 4. The highest BCUT2D eigenvalue weighted by atomic mass is 19.4. The highest BCUT2D eigenvalue weighted by molar-refractivity contribution is 5.96. The zero-order valence-corrected chi connectivity index (χ0v) is 46.3. The van der Waals surface area contributed by atoms with E-state index in [-0.39, 0.29) is 53.4 Å². The minimum absolute atomic E-state index is 0.0441. The Balaban J connectivity index is 0.000000166. The summed E-state index contributed by atoms with van der Waals surface area (Å²) in [5.74, 6) is 1.50. The predicted octanol–water partition coefficient (Wildman–Crippen LogP) is 11.4. The number of rotatable bonds is 12. The van der Waals surface area contributed by atoms with Crippen LogP contribution in [0, 0.1) is 58.7 Å². The average molecular weight is 1210 g/mol. The number of aliphatic carboxylic acids is 1. The molecular formula is C57H72F12O14. The summed E-state index contributed by atoms with van der Waals surface area (Å²) in [4.78, 5) is 56.5. The van der Waals surface area contributed by atoms with Crippen LogP contribution in [-0.2, 0) is 47.7 Å². The Hall–Kier alpha value is -4.65. The first kappa shape index (κ1) is 65.9. The van der Waals surface area contributed by atoms with Crippen molar-refractivity contribution in [1.82, 2.24) is 0 Å². The summed E-state index contributed by atoms with van der Waals surface area (Å²) >= 11 is 0. The van der Waals surface area contributed by atoms with Crippen molar-refractivity contribution in [2.75, 3.05) is 6.61 Å². The molecule has 0 radical (unpaired) electrons. The number of fused-ring (bicyclic) bond motifs is 1. The normalized spacial score (nSPS) is 35.8. The molecule has 12 aliphatic rings. The third-order valence-electron chi connectivity index (χ3n) is 19.6. The first-order chi connectivity index (χ1) is 38.3. The standard InChI is InChI=1S/C16H16F12O4.C16H24O2.C14H20O3.C11H12O5/c1-7(6-11(30,13(17,18)19)14(20,21)22)10(29)32-9-4-2-3-8(5-9)12(31,15(23,24)25)16(26,27)28;1-3-16(9-10(2)15(17)18)13-5-11-4-12(7-13)8-14(16)6-11;1-9(8-15)13(16)17-14-5-10-2-11(6-14)4-12(3-10)7-14;1-5(3-12)11(13)16-9-7-2-6-4-14-10(9)8(6)15-7/h6,8-9,30-31H,2-5H2,1H3;11-14H,2-9H2,1H3,(H,17,18);8,10-12,15H,2-7H2,1H3;6-10H,2,4H2,1H3. The summed E-state index contributed by atoms with van der Waals surface area (Å²) in [5.41, 5.74) is -11.3. The molecule has 83 heavy (non-hydrogen) atoms. The molecule has 0 spiro atoms. The van der Waals surface area contributed by atoms with Crippen molar-refractivity contribution in [2.45, 2.75) is 215 Å². The largest absolute Gasteiger partial charge is 0.515 e. The van der Waals surface area contributed by atoms with Gasteiger partial charge in [0.05, 0.1) is 30.6 Å². The number of halogens is 12. The number of hydrogen-bond donors (Lipinski definition) is 4. The Kier molecular flexibility index (Phi) is 19.3. The van der Waals surface area contributed by atoms with Gasteiger partial charge in [-0.1, -0.05) is 13.5 Å². The van der Waals surface area contributed by atoms with Crippen LogP contribution in [0.4, 0.5) is 52.7 Å². The van der Waals surface area contributed by atoms with Crippen molar-refractivity contribution in [3.05, 3.63) is 41.2 Å². The van der Waals surface area contributed by atoms with E-state index in [9.17, 15) is 81.8 Å². The third-order valence-corrected chi connectivity index (χ3v) is 19.6. The highest BCUT2D eigenvalue weighted by Crippen LogP contribution is 2.65. The van der Waals surface area contributed by atoms with Crippen LogP contribution in [0.25, 0.3) is 0 Å². The van der Waals surface area contributed by atoms with E-state index in [1.165, 1.54) is 64.2 Å². The lowest BCUT2D eigenvalue weighted by atomic mass is 9.43. The number of ether oxygens (including phenoxy) is 5. The molecule has 9 aliphatic carbocycles. The molecule has 9 saturated carbocycles. The van der Waals surface area contributed by atoms with Gasteiger partial charge in [-0.05, 0) is 189 Å². The lowest BCUT2D eigenvalue weighted by molar-refractivity contribution is -0.388. The Morgan fingerprint density at radius 1 is 0.675 bits per heavy atom. The highest BCUT2D eigenvalue weighted by Gasteiger charge is 2.74. The average Bonchev–Trinajstić information content (AvgIpc) is 2.44. The summed E-state index contributed by atoms with van der Waals surface area (Å²) in [6, 6.07) is 0. The van der Waals surface area contributed by atoms with E-state index in [1.54, 1.807) is 6.92 Å². The molecule has 14 nitrogen and oxygen atoms in total. The fourth-order valence-electron chi connectivity index (χ4n) is 16.0. The van der Waals surface area contributed by atoms with Crippen molar-refractivity contribution < 1.29 is 121 Å². The van der Waals surface area contributed by atoms with Gasteiger partial charge in [-0.15, -0.1) is 0 Å². The van der Waals surface area contributed by atoms with Crippen LogP contribution in [-0.4, -0.2) is 129 Å². The molecule has 10 bridgehead atoms. The molecule has 7 unspecified atom stereocenters. The third kappa shape index (κ3) is 13.4. The second-order valence-electron chi connectivity index (χ2n) is 25.1. The molecule has 468 valence electrons. The van der Waals surface area contributed by atoms with Gasteiger partial charge in [0, 0.05) is 23.0 Å². The van der Waals surface area contributed by atoms with Crippen LogP contribution in [0.3, 0.4) is 0 Å². The Morgan fingerprint density at radius 2 is 1.19 bits per heavy atom. The van der Waals surface area contributed by atoms with Crippen LogP contribution in [0.15, 0.2) is 41.2 Å². The molecule has 12 rings (SSSR count). The number of carbonyl (C=O) groups is 4. The molecule has 3 saturated heterocycles. The lowest BCUT2D eigenvalue weighted by Gasteiger charge is -2.61. The Labute approximate surface area is 471 Å². The Morgan fingerprint density at radius 3 is 1.65 bits per heavy atom. The number of carboxylic acids is 1. The van der Waals surface area contributed by atoms with Crippen molar-refractivity contribution in [3.63, 3.8) is 0 Å². The van der Waals surface area contributed by atoms with Crippen molar-refractivity contribution in [1.29, 1.82) is 0 Å². The van der Waals surface area contributed by atoms with E-state index < -0.39 is 96.7 Å². The van der Waals surface area contributed by atoms with E-state index in [1.807, 2.05) is 0 Å². The minimum Gasteiger partial charge on any atom is -0.515 e. The lowest BCUT2D eigenvalue weighted by Crippen LogP contribution is -2.62. The van der Waals surface area contributed by atoms with Gasteiger partial charge in [-0.25, -0.2) is 24.0 Å². The summed E-state index contributed by atoms with van der Waals surface area (Å²) in [6.45, 7) is 10.1. The van der Waals surface area contributed by atoms with Crippen LogP contribution in [0.1, 0.15) is 143 Å². The zero-order valence-electron chi connectivity index (χ0n) is 46.3. The molecule has 0 aromatic heterocycles. The number of alkyl halides is 12. The number of hydrogen-bond acceptors (Lipinski definition) is 13. The Bertz CT molecular complexity index is 2450. The SMILES string of the molecule is C=C(CC1(CC)C2CC3CC(C2)CC1C3)C(=O)O.CC(=C=O)C(=O)OC1C2CC3COC1C3O2.CC(=CC(O)(C(F)(F)F)C(F)(F)F)C(=O)OC1CCCC(C(O)(C(F)(F)F)C(F)(F)F)C1.CC(=CO)C(=O)OC12CC3CC(CC(C3)C1)C2. The maximum Gasteiger partial charge on any atom is 0.430 e. The predicted molar refractivity (Wildman–Crippen MR) is 266 cm³/mol. The van der Waals surface area contributed by atoms with Gasteiger partial charge < -0.3 is 44.1 Å². The number of esters is 3. The minimum atomic E-state index is -6.32. The number of carboxylic acid groups (broad SMARTS) is 1. The molecule has 12 fully saturated rings. The van der Waals surface area contributed by atoms with Gasteiger partial charge in [0.25, 0.3) is 11.2 Å². The molecule has 7 atom stereocenters. The molecule has 0 aromatic carbocycles. The molecule has 0 aromatic rings. The first-order valence-corrected chi connectivity index (χ1v) is 28.1. The van der Waals surface area contributed by atoms with Crippen molar-refractivity contribution in [2.24, 2.45) is 58.7 Å². The van der Waals surface area contributed by atoms with E-state index in [0.29, 0.717) is 30.6 Å². The molecule has 3 aliphatic heterocycles. The van der Waals surface area contributed by atoms with E-state index in [2.05, 4.69) is 18.2 Å². The van der Waals surface area contributed by atoms with Crippen LogP contribution < -0.4 is 0 Å². The maximum absolute atomic E-state index is 13.0. The van der Waals surface area contributed by atoms with Crippen LogP contribution in [0.5, 0.6) is 0 Å². The van der Waals surface area contributed by atoms with Crippen molar-refractivity contribution >= 4 is 29.8 Å². The summed E-state index contributed by atoms with van der Waals surface area (Å²) in [7, 11) is 0. The molecule has 26 heteroatoms. The summed E-state index contributed by atoms with van der Waals surface area (Å²) in [6.07, 6.45) is -13.4. The van der Waals surface area contributed by atoms with E-state index in [0.717, 1.165) is 86.2 Å². The molecular weight excluding hydrogens is 1140 g/mol. The number of aliphatic hydroxyl groups excluding tert-OH is 1. The second kappa shape index (κ2) is 24.3. The van der Waals surface area contributed by atoms with Crippen LogP contribution in [0.2, 0.25) is 0 Å². The van der Waals surface area contributed by atoms with Gasteiger partial charge in [-0.2, -0.15) is 52.7 Å². The molecule has 3 heterocycles. The molecule has 4 N–H and O–H groups in total. The topological polar surface area (TPSA) is 212 Å². The maximum atomic E-state index is 13.0. The quantitative estimate of drug-likeness (QED) is 0.0358. The first-order valence-electron chi connectivity index (χ1n) is 28.1. The monoisotopic (exact) mass is 1210 g/mol. The van der Waals surface area contributed by atoms with Gasteiger partial charge in [0.2, 0.25) is 0 Å². The smallest absolute Gasteiger partial charge is 0.430 e.